The van der Waals surface area contributed by atoms with Gasteiger partial charge in [0.25, 0.3) is 0 Å². The summed E-state index contributed by atoms with van der Waals surface area (Å²) in [5.74, 6) is -0.0700. The molecular weight excluding hydrogens is 486 g/mol. The summed E-state index contributed by atoms with van der Waals surface area (Å²) >= 11 is 3.29. The number of nitrogens with zero attached hydrogens (tertiary/aromatic N) is 4. The normalized spacial score (nSPS) is 22.8. The van der Waals surface area contributed by atoms with E-state index < -0.39 is 5.92 Å². The lowest BCUT2D eigenvalue weighted by Gasteiger charge is -2.41. The number of Topliss-reactive ketones (excluding diaryl/α,β-unsaturated/α-hetero) is 1. The molecule has 1 saturated carbocycles. The Morgan fingerprint density at radius 1 is 1.17 bits per heavy atom. The zero-order chi connectivity index (χ0) is 25.3. The Balaban J connectivity index is 1.55. The molecule has 1 aliphatic heterocycles. The number of anilines is 1. The van der Waals surface area contributed by atoms with E-state index in [1.165, 1.54) is 43.4 Å². The first-order chi connectivity index (χ1) is 17.4. The lowest BCUT2D eigenvalue weighted by atomic mass is 9.70. The van der Waals surface area contributed by atoms with Gasteiger partial charge in [0, 0.05) is 28.9 Å². The van der Waals surface area contributed by atoms with Crippen molar-refractivity contribution in [1.82, 2.24) is 10.2 Å². The zero-order valence-corrected chi connectivity index (χ0v) is 22.4. The average molecular weight is 518 g/mol. The minimum atomic E-state index is -0.478. The molecular formula is C28H31N5OS2. The van der Waals surface area contributed by atoms with Crippen molar-refractivity contribution in [2.45, 2.75) is 68.4 Å². The van der Waals surface area contributed by atoms with Gasteiger partial charge in [0.2, 0.25) is 5.13 Å². The lowest BCUT2D eigenvalue weighted by Crippen LogP contribution is -2.42. The molecule has 186 valence electrons. The predicted octanol–water partition coefficient (Wildman–Crippen LogP) is 6.45. The highest BCUT2D eigenvalue weighted by Gasteiger charge is 2.44. The number of benzene rings is 1. The number of carbonyl (C=O) groups is 1. The van der Waals surface area contributed by atoms with Gasteiger partial charge >= 0.3 is 0 Å². The zero-order valence-electron chi connectivity index (χ0n) is 20.7. The fourth-order valence-corrected chi connectivity index (χ4v) is 7.78. The van der Waals surface area contributed by atoms with Gasteiger partial charge in [-0.25, -0.2) is 0 Å². The Kier molecular flexibility index (Phi) is 7.05. The maximum Gasteiger partial charge on any atom is 0.219 e. The summed E-state index contributed by atoms with van der Waals surface area (Å²) in [6, 6.07) is 12.2. The number of hydrogen-bond donors (Lipinski definition) is 1. The first-order valence-corrected chi connectivity index (χ1v) is 14.3. The van der Waals surface area contributed by atoms with Gasteiger partial charge in [-0.3, -0.25) is 9.69 Å². The molecule has 0 radical (unpaired) electrons. The Morgan fingerprint density at radius 3 is 2.64 bits per heavy atom. The molecule has 2 heterocycles. The average Bonchev–Trinajstić information content (AvgIpc) is 3.30. The lowest BCUT2D eigenvalue weighted by molar-refractivity contribution is -0.118. The second-order valence-electron chi connectivity index (χ2n) is 10.5. The molecule has 2 aromatic rings. The van der Waals surface area contributed by atoms with Crippen LogP contribution in [0.5, 0.6) is 0 Å². The number of nitrogens with two attached hydrogens (primary N) is 1. The van der Waals surface area contributed by atoms with E-state index in [-0.39, 0.29) is 11.2 Å². The van der Waals surface area contributed by atoms with E-state index in [1.807, 2.05) is 47.4 Å². The summed E-state index contributed by atoms with van der Waals surface area (Å²) < 4.78 is 0.915. The van der Waals surface area contributed by atoms with E-state index in [0.717, 1.165) is 15.6 Å². The van der Waals surface area contributed by atoms with Crippen molar-refractivity contribution < 1.29 is 4.79 Å². The quantitative estimate of drug-likeness (QED) is 0.487. The van der Waals surface area contributed by atoms with E-state index in [0.29, 0.717) is 40.2 Å². The number of rotatable bonds is 5. The molecule has 5 rings (SSSR count). The number of aromatic nitrogens is 2. The van der Waals surface area contributed by atoms with Crippen LogP contribution >= 0.6 is 23.1 Å². The third-order valence-corrected chi connectivity index (χ3v) is 9.44. The fourth-order valence-electron chi connectivity index (χ4n) is 5.40. The minimum Gasteiger partial charge on any atom is -0.384 e. The maximum absolute atomic E-state index is 13.6. The Hall–Kier alpha value is -2.89. The van der Waals surface area contributed by atoms with Crippen LogP contribution in [0.2, 0.25) is 0 Å². The molecule has 0 bridgehead atoms. The second kappa shape index (κ2) is 10.2. The summed E-state index contributed by atoms with van der Waals surface area (Å²) in [7, 11) is 0. The van der Waals surface area contributed by atoms with Crippen molar-refractivity contribution in [3.05, 3.63) is 64.6 Å². The van der Waals surface area contributed by atoms with Gasteiger partial charge in [0.1, 0.15) is 5.82 Å². The third-order valence-electron chi connectivity index (χ3n) is 7.11. The number of ketones is 1. The maximum atomic E-state index is 13.6. The van der Waals surface area contributed by atoms with E-state index in [4.69, 9.17) is 5.73 Å². The standard InChI is InChI=1S/C28H31N5OS2/c1-28(2)15-22-24(23(34)16-28)20(14-13-18-9-5-3-6-10-18)21(17-29)25(30)33(22)26-31-32-27(36-26)35-19-11-7-4-8-12-19/h3,5-6,9-10,13-14,19-20H,4,7-8,11-12,15-16,30H2,1-2H3/b14-13+. The van der Waals surface area contributed by atoms with Crippen molar-refractivity contribution in [2.75, 3.05) is 4.90 Å². The molecule has 2 aliphatic carbocycles. The van der Waals surface area contributed by atoms with Crippen LogP contribution in [-0.2, 0) is 4.79 Å². The Morgan fingerprint density at radius 2 is 1.92 bits per heavy atom. The largest absolute Gasteiger partial charge is 0.384 e. The van der Waals surface area contributed by atoms with Crippen LogP contribution in [0.4, 0.5) is 5.13 Å². The molecule has 0 amide bonds. The molecule has 1 aromatic carbocycles. The topological polar surface area (TPSA) is 95.9 Å². The molecule has 1 unspecified atom stereocenters. The predicted molar refractivity (Wildman–Crippen MR) is 146 cm³/mol. The first kappa shape index (κ1) is 24.8. The van der Waals surface area contributed by atoms with Crippen molar-refractivity contribution in [3.63, 3.8) is 0 Å². The van der Waals surface area contributed by atoms with E-state index in [1.54, 1.807) is 11.8 Å². The van der Waals surface area contributed by atoms with E-state index in [2.05, 4.69) is 30.1 Å². The van der Waals surface area contributed by atoms with Gasteiger partial charge in [-0.2, -0.15) is 5.26 Å². The molecule has 6 nitrogen and oxygen atoms in total. The van der Waals surface area contributed by atoms with Gasteiger partial charge in [-0.05, 0) is 30.2 Å². The van der Waals surface area contributed by atoms with E-state index >= 15 is 0 Å². The SMILES string of the molecule is CC1(C)CC(=O)C2=C(C1)N(c1nnc(SC3CCCCC3)s1)C(N)=C(C#N)C2/C=C/c1ccccc1. The highest BCUT2D eigenvalue weighted by molar-refractivity contribution is 8.01. The van der Waals surface area contributed by atoms with Crippen LogP contribution in [-0.4, -0.2) is 21.2 Å². The highest BCUT2D eigenvalue weighted by Crippen LogP contribution is 2.48. The van der Waals surface area contributed by atoms with Gasteiger partial charge < -0.3 is 5.73 Å². The van der Waals surface area contributed by atoms with Gasteiger partial charge in [0.15, 0.2) is 10.1 Å². The Labute approximate surface area is 221 Å². The number of allylic oxidation sites excluding steroid dienone is 4. The van der Waals surface area contributed by atoms with Crippen LogP contribution in [0.15, 0.2) is 63.4 Å². The number of nitriles is 1. The van der Waals surface area contributed by atoms with E-state index in [9.17, 15) is 10.1 Å². The van der Waals surface area contributed by atoms with Crippen LogP contribution in [0.25, 0.3) is 6.08 Å². The molecule has 2 N–H and O–H groups in total. The monoisotopic (exact) mass is 517 g/mol. The third kappa shape index (κ3) is 5.00. The van der Waals surface area contributed by atoms with Crippen molar-refractivity contribution in [2.24, 2.45) is 17.1 Å². The highest BCUT2D eigenvalue weighted by atomic mass is 32.2. The molecule has 1 fully saturated rings. The van der Waals surface area contributed by atoms with Gasteiger partial charge in [-0.1, -0.05) is 98.7 Å². The van der Waals surface area contributed by atoms with Crippen molar-refractivity contribution in [1.29, 1.82) is 5.26 Å². The summed E-state index contributed by atoms with van der Waals surface area (Å²) in [5, 5.41) is 20.3. The molecule has 0 spiro atoms. The summed E-state index contributed by atoms with van der Waals surface area (Å²) in [5.41, 5.74) is 9.38. The second-order valence-corrected chi connectivity index (χ2v) is 13.0. The number of thioether (sulfide) groups is 1. The number of carbonyl (C=O) groups excluding carboxylic acids is 1. The summed E-state index contributed by atoms with van der Waals surface area (Å²) in [4.78, 5) is 15.4. The molecule has 8 heteroatoms. The van der Waals surface area contributed by atoms with Gasteiger partial charge in [-0.15, -0.1) is 10.2 Å². The molecule has 1 atom stereocenters. The fraction of sp³-hybridized carbons (Fsp3) is 0.429. The van der Waals surface area contributed by atoms with Crippen molar-refractivity contribution in [3.8, 4) is 6.07 Å². The van der Waals surface area contributed by atoms with Gasteiger partial charge in [0.05, 0.1) is 11.6 Å². The Bertz CT molecular complexity index is 1280. The molecule has 36 heavy (non-hydrogen) atoms. The van der Waals surface area contributed by atoms with Crippen LogP contribution in [0.3, 0.4) is 0 Å². The molecule has 0 saturated heterocycles. The van der Waals surface area contributed by atoms with Crippen LogP contribution in [0, 0.1) is 22.7 Å². The first-order valence-electron chi connectivity index (χ1n) is 12.6. The number of hydrogen-bond acceptors (Lipinski definition) is 8. The molecule has 3 aliphatic rings. The molecule has 1 aromatic heterocycles. The van der Waals surface area contributed by atoms with Crippen LogP contribution in [0.1, 0.15) is 64.4 Å². The minimum absolute atomic E-state index is 0.0653. The summed E-state index contributed by atoms with van der Waals surface area (Å²) in [6.07, 6.45) is 11.3. The van der Waals surface area contributed by atoms with Crippen molar-refractivity contribution >= 4 is 40.1 Å². The van der Waals surface area contributed by atoms with Crippen LogP contribution < -0.4 is 10.6 Å². The summed E-state index contributed by atoms with van der Waals surface area (Å²) in [6.45, 7) is 4.21. The smallest absolute Gasteiger partial charge is 0.219 e.